The van der Waals surface area contributed by atoms with E-state index in [9.17, 15) is 10.1 Å². The Morgan fingerprint density at radius 2 is 2.05 bits per heavy atom. The number of hydrogen-bond acceptors (Lipinski definition) is 4. The van der Waals surface area contributed by atoms with E-state index in [0.717, 1.165) is 38.3 Å². The van der Waals surface area contributed by atoms with E-state index in [-0.39, 0.29) is 23.0 Å². The van der Waals surface area contributed by atoms with E-state index < -0.39 is 0 Å². The van der Waals surface area contributed by atoms with Crippen molar-refractivity contribution in [3.8, 4) is 0 Å². The molecule has 21 heavy (non-hydrogen) atoms. The first-order valence-corrected chi connectivity index (χ1v) is 7.33. The van der Waals surface area contributed by atoms with Crippen LogP contribution in [0.15, 0.2) is 24.3 Å². The van der Waals surface area contributed by atoms with Gasteiger partial charge in [0, 0.05) is 25.2 Å². The van der Waals surface area contributed by atoms with E-state index in [0.29, 0.717) is 5.41 Å². The molecule has 0 atom stereocenters. The highest BCUT2D eigenvalue weighted by Gasteiger charge is 2.38. The molecule has 2 fully saturated rings. The van der Waals surface area contributed by atoms with Crippen LogP contribution >= 0.6 is 12.4 Å². The second-order valence-electron chi connectivity index (χ2n) is 6.14. The van der Waals surface area contributed by atoms with Crippen LogP contribution in [0.5, 0.6) is 0 Å². The molecule has 1 aromatic carbocycles. The fraction of sp³-hybridized carbons (Fsp3) is 0.600. The van der Waals surface area contributed by atoms with Crippen molar-refractivity contribution < 1.29 is 4.92 Å². The summed E-state index contributed by atoms with van der Waals surface area (Å²) < 4.78 is 0. The highest BCUT2D eigenvalue weighted by molar-refractivity contribution is 5.85. The number of non-ortho nitro benzene ring substituents is 1. The monoisotopic (exact) mass is 311 g/mol. The molecule has 2 heterocycles. The molecule has 0 bridgehead atoms. The number of nitrogens with one attached hydrogen (secondary N) is 1. The Balaban J connectivity index is 0.00000161. The summed E-state index contributed by atoms with van der Waals surface area (Å²) in [5.74, 6) is 0. The minimum atomic E-state index is -0.318. The summed E-state index contributed by atoms with van der Waals surface area (Å²) in [6.45, 7) is 5.34. The number of nitro groups is 1. The van der Waals surface area contributed by atoms with E-state index in [1.54, 1.807) is 18.2 Å². The Labute approximate surface area is 131 Å². The van der Waals surface area contributed by atoms with Gasteiger partial charge in [-0.15, -0.1) is 12.4 Å². The van der Waals surface area contributed by atoms with Crippen LogP contribution in [0.4, 0.5) is 5.69 Å². The molecular weight excluding hydrogens is 290 g/mol. The van der Waals surface area contributed by atoms with Crippen molar-refractivity contribution in [1.29, 1.82) is 0 Å². The summed E-state index contributed by atoms with van der Waals surface area (Å²) in [6, 6.07) is 7.03. The molecule has 2 aliphatic heterocycles. The zero-order valence-electron chi connectivity index (χ0n) is 12.1. The smallest absolute Gasteiger partial charge is 0.269 e. The molecule has 0 saturated carbocycles. The summed E-state index contributed by atoms with van der Waals surface area (Å²) in [7, 11) is 0. The first-order valence-electron chi connectivity index (χ1n) is 7.33. The molecule has 116 valence electrons. The molecule has 2 saturated heterocycles. The van der Waals surface area contributed by atoms with Gasteiger partial charge in [0.25, 0.3) is 5.69 Å². The van der Waals surface area contributed by atoms with Crippen molar-refractivity contribution in [2.24, 2.45) is 5.41 Å². The Morgan fingerprint density at radius 1 is 1.29 bits per heavy atom. The van der Waals surface area contributed by atoms with Crippen molar-refractivity contribution in [3.05, 3.63) is 39.9 Å². The Kier molecular flexibility index (Phi) is 5.19. The van der Waals surface area contributed by atoms with Gasteiger partial charge in [0.1, 0.15) is 0 Å². The molecule has 0 aromatic heterocycles. The molecule has 0 unspecified atom stereocenters. The predicted octanol–water partition coefficient (Wildman–Crippen LogP) is 2.59. The third-order valence-electron chi connectivity index (χ3n) is 4.71. The molecule has 1 N–H and O–H groups in total. The summed E-state index contributed by atoms with van der Waals surface area (Å²) in [5, 5.41) is 14.2. The number of benzene rings is 1. The maximum absolute atomic E-state index is 10.8. The molecule has 6 heteroatoms. The van der Waals surface area contributed by atoms with Crippen LogP contribution in [0.2, 0.25) is 0 Å². The number of piperidine rings is 1. The number of nitro benzene ring substituents is 1. The zero-order valence-corrected chi connectivity index (χ0v) is 12.9. The van der Waals surface area contributed by atoms with Crippen LogP contribution in [-0.2, 0) is 6.54 Å². The first kappa shape index (κ1) is 16.2. The van der Waals surface area contributed by atoms with Crippen LogP contribution in [0.1, 0.15) is 24.8 Å². The largest absolute Gasteiger partial charge is 0.317 e. The van der Waals surface area contributed by atoms with E-state index >= 15 is 0 Å². The van der Waals surface area contributed by atoms with Crippen LogP contribution in [-0.4, -0.2) is 36.0 Å². The summed E-state index contributed by atoms with van der Waals surface area (Å²) in [6.07, 6.45) is 3.79. The number of likely N-dealkylation sites (tertiary alicyclic amines) is 1. The third kappa shape index (κ3) is 3.73. The van der Waals surface area contributed by atoms with Crippen LogP contribution in [0, 0.1) is 15.5 Å². The predicted molar refractivity (Wildman–Crippen MR) is 84.8 cm³/mol. The summed E-state index contributed by atoms with van der Waals surface area (Å²) in [4.78, 5) is 12.9. The van der Waals surface area contributed by atoms with Crippen LogP contribution in [0.3, 0.4) is 0 Å². The zero-order chi connectivity index (χ0) is 14.0. The number of nitrogens with zero attached hydrogens (tertiary/aromatic N) is 2. The quantitative estimate of drug-likeness (QED) is 0.688. The lowest BCUT2D eigenvalue weighted by molar-refractivity contribution is -0.384. The van der Waals surface area contributed by atoms with Gasteiger partial charge >= 0.3 is 0 Å². The molecule has 5 nitrogen and oxygen atoms in total. The maximum Gasteiger partial charge on any atom is 0.269 e. The van der Waals surface area contributed by atoms with Gasteiger partial charge in [-0.25, -0.2) is 0 Å². The lowest BCUT2D eigenvalue weighted by Crippen LogP contribution is -2.38. The minimum Gasteiger partial charge on any atom is -0.317 e. The number of halogens is 1. The molecule has 3 rings (SSSR count). The van der Waals surface area contributed by atoms with Gasteiger partial charge in [0.2, 0.25) is 0 Å². The Hall–Kier alpha value is -1.17. The highest BCUT2D eigenvalue weighted by Crippen LogP contribution is 2.39. The van der Waals surface area contributed by atoms with Gasteiger partial charge in [0.05, 0.1) is 4.92 Å². The average Bonchev–Trinajstić information content (AvgIpc) is 2.82. The Bertz CT molecular complexity index is 503. The van der Waals surface area contributed by atoms with Crippen molar-refractivity contribution in [1.82, 2.24) is 10.2 Å². The van der Waals surface area contributed by atoms with E-state index in [2.05, 4.69) is 10.2 Å². The normalized spacial score (nSPS) is 21.1. The summed E-state index contributed by atoms with van der Waals surface area (Å²) >= 11 is 0. The molecule has 2 aliphatic rings. The van der Waals surface area contributed by atoms with E-state index in [1.807, 2.05) is 6.07 Å². The summed E-state index contributed by atoms with van der Waals surface area (Å²) in [5.41, 5.74) is 1.73. The van der Waals surface area contributed by atoms with Crippen molar-refractivity contribution in [3.63, 3.8) is 0 Å². The molecule has 0 aliphatic carbocycles. The first-order chi connectivity index (χ1) is 9.67. The van der Waals surface area contributed by atoms with Gasteiger partial charge in [-0.05, 0) is 49.9 Å². The molecule has 1 spiro atoms. The second-order valence-corrected chi connectivity index (χ2v) is 6.14. The molecule has 1 aromatic rings. The van der Waals surface area contributed by atoms with E-state index in [1.165, 1.54) is 19.3 Å². The minimum absolute atomic E-state index is 0. The maximum atomic E-state index is 10.8. The number of hydrogen-bond donors (Lipinski definition) is 1. The van der Waals surface area contributed by atoms with Crippen LogP contribution in [0.25, 0.3) is 0 Å². The molecule has 0 radical (unpaired) electrons. The fourth-order valence-corrected chi connectivity index (χ4v) is 3.55. The molecule has 0 amide bonds. The lowest BCUT2D eigenvalue weighted by Gasteiger charge is -2.33. The number of rotatable bonds is 3. The van der Waals surface area contributed by atoms with Crippen molar-refractivity contribution >= 4 is 18.1 Å². The average molecular weight is 312 g/mol. The SMILES string of the molecule is Cl.O=[N+]([O-])c1cccc(CN2CCC3(CCNCC3)C2)c1. The van der Waals surface area contributed by atoms with Crippen molar-refractivity contribution in [2.45, 2.75) is 25.8 Å². The second kappa shape index (κ2) is 6.73. The van der Waals surface area contributed by atoms with Crippen molar-refractivity contribution in [2.75, 3.05) is 26.2 Å². The standard InChI is InChI=1S/C15H21N3O2.ClH/c19-18(20)14-3-1-2-13(10-14)11-17-9-6-15(12-17)4-7-16-8-5-15;/h1-3,10,16H,4-9,11-12H2;1H. The third-order valence-corrected chi connectivity index (χ3v) is 4.71. The van der Waals surface area contributed by atoms with Gasteiger partial charge in [0.15, 0.2) is 0 Å². The van der Waals surface area contributed by atoms with Crippen LogP contribution < -0.4 is 5.32 Å². The topological polar surface area (TPSA) is 58.4 Å². The molecular formula is C15H22ClN3O2. The fourth-order valence-electron chi connectivity index (χ4n) is 3.55. The Morgan fingerprint density at radius 3 is 2.76 bits per heavy atom. The lowest BCUT2D eigenvalue weighted by atomic mass is 9.78. The highest BCUT2D eigenvalue weighted by atomic mass is 35.5. The van der Waals surface area contributed by atoms with Gasteiger partial charge < -0.3 is 5.32 Å². The van der Waals surface area contributed by atoms with Gasteiger partial charge in [-0.3, -0.25) is 15.0 Å². The van der Waals surface area contributed by atoms with Gasteiger partial charge in [-0.1, -0.05) is 12.1 Å². The van der Waals surface area contributed by atoms with E-state index in [4.69, 9.17) is 0 Å². The van der Waals surface area contributed by atoms with Gasteiger partial charge in [-0.2, -0.15) is 0 Å².